The Kier molecular flexibility index (Phi) is 6.68. The summed E-state index contributed by atoms with van der Waals surface area (Å²) in [6, 6.07) is 7.42. The first-order valence-electron chi connectivity index (χ1n) is 11.2. The van der Waals surface area contributed by atoms with Crippen LogP contribution in [0.2, 0.25) is 0 Å². The SMILES string of the molecule is CCn1ncc2c(NC3CCCCC3)c(C(=O)NCc3ccccc3C(=O)OC)cnc21. The second-order valence-electron chi connectivity index (χ2n) is 8.06. The van der Waals surface area contributed by atoms with Crippen molar-refractivity contribution < 1.29 is 14.3 Å². The highest BCUT2D eigenvalue weighted by Gasteiger charge is 2.22. The molecule has 8 nitrogen and oxygen atoms in total. The Morgan fingerprint density at radius 3 is 2.66 bits per heavy atom. The minimum Gasteiger partial charge on any atom is -0.465 e. The molecule has 0 saturated heterocycles. The smallest absolute Gasteiger partial charge is 0.338 e. The van der Waals surface area contributed by atoms with E-state index in [0.29, 0.717) is 29.3 Å². The molecule has 2 heterocycles. The van der Waals surface area contributed by atoms with E-state index in [0.717, 1.165) is 29.6 Å². The number of methoxy groups -OCH3 is 1. The predicted octanol–water partition coefficient (Wildman–Crippen LogP) is 3.91. The van der Waals surface area contributed by atoms with Crippen molar-refractivity contribution in [2.75, 3.05) is 12.4 Å². The van der Waals surface area contributed by atoms with Gasteiger partial charge >= 0.3 is 5.97 Å². The average Bonchev–Trinajstić information content (AvgIpc) is 3.27. The van der Waals surface area contributed by atoms with E-state index < -0.39 is 5.97 Å². The third-order valence-electron chi connectivity index (χ3n) is 6.03. The maximum atomic E-state index is 13.2. The predicted molar refractivity (Wildman–Crippen MR) is 123 cm³/mol. The number of hydrogen-bond donors (Lipinski definition) is 2. The molecule has 1 fully saturated rings. The first-order chi connectivity index (χ1) is 15.6. The Morgan fingerprint density at radius 2 is 1.91 bits per heavy atom. The zero-order chi connectivity index (χ0) is 22.5. The van der Waals surface area contributed by atoms with Gasteiger partial charge in [0.1, 0.15) is 0 Å². The van der Waals surface area contributed by atoms with Crippen LogP contribution in [0.1, 0.15) is 65.3 Å². The van der Waals surface area contributed by atoms with Gasteiger partial charge in [0.05, 0.1) is 35.5 Å². The van der Waals surface area contributed by atoms with Crippen molar-refractivity contribution in [3.05, 3.63) is 53.3 Å². The molecule has 32 heavy (non-hydrogen) atoms. The number of fused-ring (bicyclic) bond motifs is 1. The minimum absolute atomic E-state index is 0.208. The van der Waals surface area contributed by atoms with Gasteiger partial charge in [0.15, 0.2) is 5.65 Å². The molecule has 1 aliphatic rings. The second kappa shape index (κ2) is 9.80. The monoisotopic (exact) mass is 435 g/mol. The van der Waals surface area contributed by atoms with Crippen molar-refractivity contribution in [1.29, 1.82) is 0 Å². The molecule has 2 N–H and O–H groups in total. The number of ether oxygens (including phenoxy) is 1. The lowest BCUT2D eigenvalue weighted by molar-refractivity contribution is 0.0598. The van der Waals surface area contributed by atoms with Gasteiger partial charge < -0.3 is 15.4 Å². The number of carbonyl (C=O) groups is 2. The lowest BCUT2D eigenvalue weighted by Gasteiger charge is -2.25. The van der Waals surface area contributed by atoms with E-state index in [4.69, 9.17) is 4.74 Å². The molecule has 0 atom stereocenters. The standard InChI is InChI=1S/C24H29N5O3/c1-3-29-22-19(15-27-29)21(28-17-10-5-4-6-11-17)20(14-25-22)23(30)26-13-16-9-7-8-12-18(16)24(31)32-2/h7-9,12,14-15,17H,3-6,10-11,13H2,1-2H3,(H,25,28)(H,26,30). The Hall–Kier alpha value is -3.42. The number of anilines is 1. The number of hydrogen-bond acceptors (Lipinski definition) is 6. The maximum Gasteiger partial charge on any atom is 0.338 e. The van der Waals surface area contributed by atoms with Crippen LogP contribution in [0, 0.1) is 0 Å². The second-order valence-corrected chi connectivity index (χ2v) is 8.06. The molecule has 4 rings (SSSR count). The summed E-state index contributed by atoms with van der Waals surface area (Å²) in [7, 11) is 1.35. The first-order valence-corrected chi connectivity index (χ1v) is 11.2. The lowest BCUT2D eigenvalue weighted by atomic mass is 9.95. The van der Waals surface area contributed by atoms with Crippen LogP contribution in [-0.4, -0.2) is 39.8 Å². The topological polar surface area (TPSA) is 98.1 Å². The number of aromatic nitrogens is 3. The minimum atomic E-state index is -0.426. The van der Waals surface area contributed by atoms with E-state index in [1.807, 2.05) is 17.7 Å². The fourth-order valence-electron chi connectivity index (χ4n) is 4.29. The van der Waals surface area contributed by atoms with E-state index in [1.54, 1.807) is 30.6 Å². The number of nitrogens with zero attached hydrogens (tertiary/aromatic N) is 3. The van der Waals surface area contributed by atoms with Crippen LogP contribution in [0.25, 0.3) is 11.0 Å². The summed E-state index contributed by atoms with van der Waals surface area (Å²) in [5.41, 5.74) is 3.16. The normalized spacial score (nSPS) is 14.3. The molecule has 1 aromatic carbocycles. The quantitative estimate of drug-likeness (QED) is 0.546. The van der Waals surface area contributed by atoms with Crippen LogP contribution in [0.5, 0.6) is 0 Å². The van der Waals surface area contributed by atoms with Gasteiger partial charge in [0.2, 0.25) is 0 Å². The molecule has 8 heteroatoms. The van der Waals surface area contributed by atoms with Crippen molar-refractivity contribution in [2.24, 2.45) is 0 Å². The average molecular weight is 436 g/mol. The number of nitrogens with one attached hydrogen (secondary N) is 2. The van der Waals surface area contributed by atoms with Crippen LogP contribution in [0.3, 0.4) is 0 Å². The molecule has 1 amide bonds. The Labute approximate surface area is 187 Å². The highest BCUT2D eigenvalue weighted by molar-refractivity contribution is 6.06. The van der Waals surface area contributed by atoms with E-state index in [-0.39, 0.29) is 12.5 Å². The number of amides is 1. The van der Waals surface area contributed by atoms with Crippen molar-refractivity contribution in [1.82, 2.24) is 20.1 Å². The van der Waals surface area contributed by atoms with Gasteiger partial charge in [-0.1, -0.05) is 37.5 Å². The van der Waals surface area contributed by atoms with Gasteiger partial charge in [-0.2, -0.15) is 5.10 Å². The largest absolute Gasteiger partial charge is 0.465 e. The lowest BCUT2D eigenvalue weighted by Crippen LogP contribution is -2.28. The molecule has 0 spiro atoms. The van der Waals surface area contributed by atoms with Crippen molar-refractivity contribution >= 4 is 28.6 Å². The van der Waals surface area contributed by atoms with E-state index in [9.17, 15) is 9.59 Å². The Bertz CT molecular complexity index is 1120. The maximum absolute atomic E-state index is 13.2. The Morgan fingerprint density at radius 1 is 1.12 bits per heavy atom. The van der Waals surface area contributed by atoms with Crippen LogP contribution in [-0.2, 0) is 17.8 Å². The van der Waals surface area contributed by atoms with Crippen LogP contribution < -0.4 is 10.6 Å². The summed E-state index contributed by atoms with van der Waals surface area (Å²) < 4.78 is 6.68. The van der Waals surface area contributed by atoms with Crippen molar-refractivity contribution in [3.8, 4) is 0 Å². The number of aryl methyl sites for hydroxylation is 1. The molecule has 168 valence electrons. The number of benzene rings is 1. The molecule has 0 unspecified atom stereocenters. The molecule has 0 radical (unpaired) electrons. The molecule has 2 aromatic heterocycles. The summed E-state index contributed by atoms with van der Waals surface area (Å²) in [5.74, 6) is -0.675. The molecule has 0 aliphatic heterocycles. The molecule has 1 aliphatic carbocycles. The Balaban J connectivity index is 1.62. The molecular weight excluding hydrogens is 406 g/mol. The zero-order valence-corrected chi connectivity index (χ0v) is 18.6. The number of pyridine rings is 1. The van der Waals surface area contributed by atoms with Gasteiger partial charge in [-0.05, 0) is 31.4 Å². The van der Waals surface area contributed by atoms with E-state index in [2.05, 4.69) is 20.7 Å². The molecule has 1 saturated carbocycles. The molecule has 0 bridgehead atoms. The highest BCUT2D eigenvalue weighted by Crippen LogP contribution is 2.30. The number of carbonyl (C=O) groups excluding carboxylic acids is 2. The third-order valence-corrected chi connectivity index (χ3v) is 6.03. The van der Waals surface area contributed by atoms with Crippen molar-refractivity contribution in [2.45, 2.75) is 58.2 Å². The summed E-state index contributed by atoms with van der Waals surface area (Å²) in [4.78, 5) is 29.8. The summed E-state index contributed by atoms with van der Waals surface area (Å²) in [5, 5.41) is 11.8. The summed E-state index contributed by atoms with van der Waals surface area (Å²) >= 11 is 0. The van der Waals surface area contributed by atoms with Crippen LogP contribution in [0.15, 0.2) is 36.7 Å². The fourth-order valence-corrected chi connectivity index (χ4v) is 4.29. The highest BCUT2D eigenvalue weighted by atomic mass is 16.5. The third kappa shape index (κ3) is 4.44. The van der Waals surface area contributed by atoms with Gasteiger partial charge in [-0.25, -0.2) is 14.5 Å². The molecule has 3 aromatic rings. The summed E-state index contributed by atoms with van der Waals surface area (Å²) in [6.07, 6.45) is 9.18. The van der Waals surface area contributed by atoms with Gasteiger partial charge in [-0.15, -0.1) is 0 Å². The van der Waals surface area contributed by atoms with E-state index in [1.165, 1.54) is 26.4 Å². The summed E-state index contributed by atoms with van der Waals surface area (Å²) in [6.45, 7) is 2.93. The number of esters is 1. The van der Waals surface area contributed by atoms with Gasteiger partial charge in [0.25, 0.3) is 5.91 Å². The molecular formula is C24H29N5O3. The van der Waals surface area contributed by atoms with Crippen LogP contribution >= 0.6 is 0 Å². The fraction of sp³-hybridized carbons (Fsp3) is 0.417. The number of rotatable bonds is 7. The van der Waals surface area contributed by atoms with Gasteiger partial charge in [0, 0.05) is 25.3 Å². The zero-order valence-electron chi connectivity index (χ0n) is 18.6. The van der Waals surface area contributed by atoms with Crippen molar-refractivity contribution in [3.63, 3.8) is 0 Å². The van der Waals surface area contributed by atoms with Crippen LogP contribution in [0.4, 0.5) is 5.69 Å². The van der Waals surface area contributed by atoms with Gasteiger partial charge in [-0.3, -0.25) is 4.79 Å². The van der Waals surface area contributed by atoms with E-state index >= 15 is 0 Å². The first kappa shape index (κ1) is 21.8.